The molecule has 0 fully saturated rings. The zero-order valence-corrected chi connectivity index (χ0v) is 15.3. The summed E-state index contributed by atoms with van der Waals surface area (Å²) in [7, 11) is 0. The van der Waals surface area contributed by atoms with Crippen molar-refractivity contribution in [2.45, 2.75) is 33.6 Å². The normalized spacial score (nSPS) is 10.7. The van der Waals surface area contributed by atoms with Gasteiger partial charge >= 0.3 is 0 Å². The highest BCUT2D eigenvalue weighted by molar-refractivity contribution is 9.10. The number of aromatic nitrogens is 1. The van der Waals surface area contributed by atoms with Gasteiger partial charge in [-0.3, -0.25) is 4.79 Å². The van der Waals surface area contributed by atoms with Crippen LogP contribution in [0.1, 0.15) is 32.3 Å². The van der Waals surface area contributed by atoms with Gasteiger partial charge in [-0.25, -0.2) is 4.98 Å². The number of hydrogen-bond acceptors (Lipinski definition) is 3. The Morgan fingerprint density at radius 1 is 1.17 bits per heavy atom. The minimum Gasteiger partial charge on any atom is -0.340 e. The van der Waals surface area contributed by atoms with Crippen LogP contribution in [0.15, 0.2) is 41.0 Å². The second-order valence-electron chi connectivity index (χ2n) is 5.52. The third kappa shape index (κ3) is 4.79. The highest BCUT2D eigenvalue weighted by atomic mass is 79.9. The van der Waals surface area contributed by atoms with Gasteiger partial charge in [-0.15, -0.1) is 0 Å². The molecule has 5 heteroatoms. The zero-order valence-electron chi connectivity index (χ0n) is 13.7. The number of aryl methyl sites for hydroxylation is 1. The Morgan fingerprint density at radius 3 is 2.43 bits per heavy atom. The van der Waals surface area contributed by atoms with Crippen molar-refractivity contribution < 1.29 is 4.79 Å². The summed E-state index contributed by atoms with van der Waals surface area (Å²) in [4.78, 5) is 16.4. The van der Waals surface area contributed by atoms with Crippen molar-refractivity contribution in [3.05, 3.63) is 46.6 Å². The summed E-state index contributed by atoms with van der Waals surface area (Å²) in [6, 6.07) is 9.76. The smallest absolute Gasteiger partial charge is 0.227 e. The van der Waals surface area contributed by atoms with Crippen molar-refractivity contribution in [2.75, 3.05) is 10.6 Å². The van der Waals surface area contributed by atoms with E-state index in [4.69, 9.17) is 0 Å². The molecular formula is C18H22BrN3O. The Kier molecular flexibility index (Phi) is 6.16. The molecule has 1 heterocycles. The number of carbonyl (C=O) groups is 1. The number of nitrogens with zero attached hydrogens (tertiary/aromatic N) is 1. The zero-order chi connectivity index (χ0) is 16.8. The molecule has 2 rings (SSSR count). The largest absolute Gasteiger partial charge is 0.340 e. The number of anilines is 3. The minimum atomic E-state index is 0.0542. The second kappa shape index (κ2) is 8.11. The van der Waals surface area contributed by atoms with Crippen LogP contribution < -0.4 is 10.6 Å². The standard InChI is InChI=1S/C18H22BrN3O/c1-4-13(5-2)18(23)22-15-7-9-17(20-11-15)21-14-6-8-16(19)12(3)10-14/h6-11,13H,4-5H2,1-3H3,(H,20,21)(H,22,23). The van der Waals surface area contributed by atoms with Crippen molar-refractivity contribution in [2.24, 2.45) is 5.92 Å². The lowest BCUT2D eigenvalue weighted by molar-refractivity contribution is -0.120. The Labute approximate surface area is 145 Å². The van der Waals surface area contributed by atoms with E-state index >= 15 is 0 Å². The first-order valence-electron chi connectivity index (χ1n) is 7.83. The SMILES string of the molecule is CCC(CC)C(=O)Nc1ccc(Nc2ccc(Br)c(C)c2)nc1. The van der Waals surface area contributed by atoms with Crippen molar-refractivity contribution in [1.29, 1.82) is 0 Å². The second-order valence-corrected chi connectivity index (χ2v) is 6.38. The molecule has 0 aliphatic carbocycles. The van der Waals surface area contributed by atoms with Crippen molar-refractivity contribution in [3.8, 4) is 0 Å². The molecule has 0 aliphatic rings. The molecule has 0 saturated heterocycles. The molecule has 0 unspecified atom stereocenters. The molecule has 2 aromatic rings. The maximum Gasteiger partial charge on any atom is 0.227 e. The molecule has 0 atom stereocenters. The van der Waals surface area contributed by atoms with Crippen LogP contribution in [0.4, 0.5) is 17.2 Å². The first-order valence-corrected chi connectivity index (χ1v) is 8.62. The molecule has 0 radical (unpaired) electrons. The molecule has 1 amide bonds. The highest BCUT2D eigenvalue weighted by Crippen LogP contribution is 2.23. The molecule has 1 aromatic heterocycles. The number of hydrogen-bond donors (Lipinski definition) is 2. The number of halogens is 1. The van der Waals surface area contributed by atoms with Crippen LogP contribution >= 0.6 is 15.9 Å². The van der Waals surface area contributed by atoms with Gasteiger partial charge in [-0.1, -0.05) is 29.8 Å². The summed E-state index contributed by atoms with van der Waals surface area (Å²) in [5, 5.41) is 6.17. The van der Waals surface area contributed by atoms with Gasteiger partial charge in [-0.2, -0.15) is 0 Å². The number of carbonyl (C=O) groups excluding carboxylic acids is 1. The van der Waals surface area contributed by atoms with Crippen molar-refractivity contribution in [1.82, 2.24) is 4.98 Å². The lowest BCUT2D eigenvalue weighted by Crippen LogP contribution is -2.21. The summed E-state index contributed by atoms with van der Waals surface area (Å²) in [5.41, 5.74) is 2.86. The van der Waals surface area contributed by atoms with Crippen LogP contribution in [0.2, 0.25) is 0 Å². The van der Waals surface area contributed by atoms with Gasteiger partial charge in [0, 0.05) is 16.1 Å². The fourth-order valence-electron chi connectivity index (χ4n) is 2.32. The van der Waals surface area contributed by atoms with Crippen molar-refractivity contribution in [3.63, 3.8) is 0 Å². The maximum absolute atomic E-state index is 12.1. The molecule has 0 aliphatic heterocycles. The Balaban J connectivity index is 2.01. The van der Waals surface area contributed by atoms with E-state index in [1.54, 1.807) is 6.20 Å². The first-order chi connectivity index (χ1) is 11.0. The fourth-order valence-corrected chi connectivity index (χ4v) is 2.56. The quantitative estimate of drug-likeness (QED) is 0.722. The van der Waals surface area contributed by atoms with Crippen LogP contribution in [0.25, 0.3) is 0 Å². The predicted molar refractivity (Wildman–Crippen MR) is 99.1 cm³/mol. The summed E-state index contributed by atoms with van der Waals surface area (Å²) in [5.74, 6) is 0.854. The third-order valence-electron chi connectivity index (χ3n) is 3.82. The Hall–Kier alpha value is -1.88. The van der Waals surface area contributed by atoms with Gasteiger partial charge in [0.2, 0.25) is 5.91 Å². The molecule has 122 valence electrons. The summed E-state index contributed by atoms with van der Waals surface area (Å²) in [6.45, 7) is 6.09. The summed E-state index contributed by atoms with van der Waals surface area (Å²) >= 11 is 3.49. The van der Waals surface area contributed by atoms with Gasteiger partial charge in [0.25, 0.3) is 0 Å². The Bertz CT molecular complexity index is 666. The number of amides is 1. The van der Waals surface area contributed by atoms with E-state index in [1.807, 2.05) is 45.0 Å². The van der Waals surface area contributed by atoms with Gasteiger partial charge in [0.15, 0.2) is 0 Å². The molecule has 0 spiro atoms. The van der Waals surface area contributed by atoms with Crippen LogP contribution in [0, 0.1) is 12.8 Å². The first kappa shape index (κ1) is 17.5. The van der Waals surface area contributed by atoms with E-state index < -0.39 is 0 Å². The van der Waals surface area contributed by atoms with E-state index in [9.17, 15) is 4.79 Å². The average molecular weight is 376 g/mol. The molecule has 0 saturated carbocycles. The Morgan fingerprint density at radius 2 is 1.87 bits per heavy atom. The predicted octanol–water partition coefficient (Wildman–Crippen LogP) is 5.27. The number of rotatable bonds is 6. The highest BCUT2D eigenvalue weighted by Gasteiger charge is 2.14. The molecule has 1 aromatic carbocycles. The number of nitrogens with one attached hydrogen (secondary N) is 2. The van der Waals surface area contributed by atoms with E-state index in [1.165, 1.54) is 0 Å². The maximum atomic E-state index is 12.1. The third-order valence-corrected chi connectivity index (χ3v) is 4.71. The van der Waals surface area contributed by atoms with E-state index in [0.29, 0.717) is 0 Å². The van der Waals surface area contributed by atoms with Gasteiger partial charge in [0.05, 0.1) is 11.9 Å². The lowest BCUT2D eigenvalue weighted by Gasteiger charge is -2.13. The van der Waals surface area contributed by atoms with Crippen LogP contribution in [0.3, 0.4) is 0 Å². The topological polar surface area (TPSA) is 54.0 Å². The molecule has 2 N–H and O–H groups in total. The van der Waals surface area contributed by atoms with Crippen LogP contribution in [-0.2, 0) is 4.79 Å². The summed E-state index contributed by atoms with van der Waals surface area (Å²) in [6.07, 6.45) is 3.37. The monoisotopic (exact) mass is 375 g/mol. The van der Waals surface area contributed by atoms with Gasteiger partial charge in [0.1, 0.15) is 5.82 Å². The lowest BCUT2D eigenvalue weighted by atomic mass is 10.0. The molecular weight excluding hydrogens is 354 g/mol. The van der Waals surface area contributed by atoms with Gasteiger partial charge in [-0.05, 0) is 55.7 Å². The molecule has 0 bridgehead atoms. The van der Waals surface area contributed by atoms with Gasteiger partial charge < -0.3 is 10.6 Å². The molecule has 23 heavy (non-hydrogen) atoms. The van der Waals surface area contributed by atoms with Crippen LogP contribution in [0.5, 0.6) is 0 Å². The molecule has 4 nitrogen and oxygen atoms in total. The van der Waals surface area contributed by atoms with E-state index in [2.05, 4.69) is 37.6 Å². The van der Waals surface area contributed by atoms with Crippen molar-refractivity contribution >= 4 is 39.0 Å². The number of benzene rings is 1. The minimum absolute atomic E-state index is 0.0542. The van der Waals surface area contributed by atoms with Crippen LogP contribution in [-0.4, -0.2) is 10.9 Å². The fraction of sp³-hybridized carbons (Fsp3) is 0.333. The average Bonchev–Trinajstić information content (AvgIpc) is 2.54. The van der Waals surface area contributed by atoms with E-state index in [-0.39, 0.29) is 11.8 Å². The summed E-state index contributed by atoms with van der Waals surface area (Å²) < 4.78 is 1.08. The number of pyridine rings is 1. The van der Waals surface area contributed by atoms with E-state index in [0.717, 1.165) is 40.1 Å².